The van der Waals surface area contributed by atoms with Gasteiger partial charge in [-0.05, 0) is 114 Å². The minimum Gasteiger partial charge on any atom is -0.507 e. The number of ether oxygens (including phenoxy) is 1. The molecule has 2 amide bonds. The van der Waals surface area contributed by atoms with E-state index in [0.717, 1.165) is 6.54 Å². The Bertz CT molecular complexity index is 1660. The number of hydroxylamine groups is 2. The van der Waals surface area contributed by atoms with E-state index in [1.165, 1.54) is 38.7 Å². The average molecular weight is 946 g/mol. The van der Waals surface area contributed by atoms with Crippen LogP contribution in [0.2, 0.25) is 15.7 Å². The predicted molar refractivity (Wildman–Crippen MR) is 201 cm³/mol. The molecule has 4 aromatic rings. The first-order valence-electron chi connectivity index (χ1n) is 14.6. The van der Waals surface area contributed by atoms with Crippen molar-refractivity contribution in [3.8, 4) is 17.4 Å². The molecule has 0 saturated carbocycles. The Labute approximate surface area is 339 Å². The summed E-state index contributed by atoms with van der Waals surface area (Å²) in [6.45, 7) is 12.3. The minimum atomic E-state index is -0.462. The maximum absolute atomic E-state index is 11.8. The van der Waals surface area contributed by atoms with Gasteiger partial charge in [0.25, 0.3) is 11.8 Å². The third-order valence-electron chi connectivity index (χ3n) is 5.92. The number of phenolic OH excluding ortho intramolecular Hbond substituents is 1. The first kappa shape index (κ1) is 48.4. The zero-order valence-corrected chi connectivity index (χ0v) is 34.9. The molecule has 2 heterocycles. The largest absolute Gasteiger partial charge is 0.507 e. The maximum Gasteiger partial charge on any atom is 0.278 e. The number of nitrogens with zero attached hydrogens (tertiary/aromatic N) is 5. The van der Waals surface area contributed by atoms with E-state index in [4.69, 9.17) is 39.5 Å². The quantitative estimate of drug-likeness (QED) is 0.0641. The smallest absolute Gasteiger partial charge is 0.278 e. The van der Waals surface area contributed by atoms with Crippen molar-refractivity contribution in [1.29, 1.82) is 0 Å². The van der Waals surface area contributed by atoms with Crippen LogP contribution in [0.4, 0.5) is 0 Å². The van der Waals surface area contributed by atoms with E-state index in [1.807, 2.05) is 0 Å². The molecule has 0 saturated heterocycles. The first-order valence-corrected chi connectivity index (χ1v) is 17.4. The second-order valence-corrected chi connectivity index (χ2v) is 12.7. The molecule has 0 fully saturated rings. The van der Waals surface area contributed by atoms with Gasteiger partial charge in [-0.2, -0.15) is 4.98 Å². The monoisotopic (exact) mass is 942 g/mol. The van der Waals surface area contributed by atoms with Gasteiger partial charge in [-0.25, -0.2) is 25.9 Å². The fourth-order valence-electron chi connectivity index (χ4n) is 3.86. The SMILES string of the molecule is CCN(C(C)C)C(C)C.CONC(=O)c1ccccc1O.CONC(=O)c1ccccc1Oc1nc(Cl)ncc1Br.Clc1ncc(Br)c(Cl)n1.[Cu]. The van der Waals surface area contributed by atoms with Crippen LogP contribution in [0.1, 0.15) is 55.3 Å². The molecule has 0 aliphatic heterocycles. The topological polar surface area (TPSA) is 161 Å². The summed E-state index contributed by atoms with van der Waals surface area (Å²) in [4.78, 5) is 49.4. The van der Waals surface area contributed by atoms with Crippen molar-refractivity contribution >= 4 is 78.5 Å². The molecule has 2 aromatic heterocycles. The average Bonchev–Trinajstić information content (AvgIpc) is 3.06. The first-order chi connectivity index (χ1) is 23.7. The van der Waals surface area contributed by atoms with Crippen molar-refractivity contribution < 1.29 is 46.2 Å². The third-order valence-corrected chi connectivity index (χ3v) is 7.93. The van der Waals surface area contributed by atoms with Gasteiger partial charge in [0, 0.05) is 41.5 Å². The summed E-state index contributed by atoms with van der Waals surface area (Å²) in [5.41, 5.74) is 4.82. The van der Waals surface area contributed by atoms with E-state index in [1.54, 1.807) is 36.4 Å². The third kappa shape index (κ3) is 18.1. The Morgan fingerprint density at radius 3 is 1.73 bits per heavy atom. The van der Waals surface area contributed by atoms with Gasteiger partial charge in [0.2, 0.25) is 16.4 Å². The van der Waals surface area contributed by atoms with Gasteiger partial charge in [-0.1, -0.05) is 42.8 Å². The fraction of sp³-hybridized carbons (Fsp3) is 0.312. The molecule has 4 rings (SSSR count). The molecule has 2 aromatic carbocycles. The number of rotatable bonds is 9. The molecule has 13 nitrogen and oxygen atoms in total. The Morgan fingerprint density at radius 1 is 0.804 bits per heavy atom. The number of para-hydroxylation sites is 2. The van der Waals surface area contributed by atoms with Gasteiger partial charge in [-0.15, -0.1) is 0 Å². The van der Waals surface area contributed by atoms with Crippen LogP contribution in [0.25, 0.3) is 0 Å². The summed E-state index contributed by atoms with van der Waals surface area (Å²) >= 11 is 23.0. The van der Waals surface area contributed by atoms with Crippen LogP contribution in [-0.2, 0) is 26.7 Å². The van der Waals surface area contributed by atoms with Crippen molar-refractivity contribution in [3.63, 3.8) is 0 Å². The maximum atomic E-state index is 11.8. The van der Waals surface area contributed by atoms with Gasteiger partial charge >= 0.3 is 0 Å². The zero-order valence-electron chi connectivity index (χ0n) is 28.6. The molecule has 51 heavy (non-hydrogen) atoms. The van der Waals surface area contributed by atoms with Crippen molar-refractivity contribution in [2.75, 3.05) is 20.8 Å². The number of nitrogens with one attached hydrogen (secondary N) is 2. The van der Waals surface area contributed by atoms with Crippen molar-refractivity contribution in [2.24, 2.45) is 0 Å². The van der Waals surface area contributed by atoms with Crippen LogP contribution in [0.15, 0.2) is 69.9 Å². The fourth-order valence-corrected chi connectivity index (χ4v) is 4.76. The van der Waals surface area contributed by atoms with Crippen LogP contribution in [0, 0.1) is 0 Å². The van der Waals surface area contributed by atoms with E-state index >= 15 is 0 Å². The Morgan fingerprint density at radius 2 is 1.27 bits per heavy atom. The number of aromatic hydroxyl groups is 1. The van der Waals surface area contributed by atoms with Crippen LogP contribution in [0.5, 0.6) is 17.4 Å². The summed E-state index contributed by atoms with van der Waals surface area (Å²) in [6, 6.07) is 14.3. The van der Waals surface area contributed by atoms with Gasteiger partial charge in [-0.3, -0.25) is 24.2 Å². The standard InChI is InChI=1S/C12H9BrClN3O3.C8H9NO3.C8H19N.C4HBrCl2N2.Cu/c1-19-17-10(18)7-4-2-3-5-9(7)20-11-8(13)6-15-12(14)16-11;1-12-9-8(11)6-4-2-3-5-7(6)10;1-6-9(7(2)3)8(4)5;5-2-1-8-4(7)9-3(2)6;/h2-6H,1H3,(H,17,18);2-5,10H,1H3,(H,9,11);7-8H,6H2,1-5H3;1H;. The normalized spacial score (nSPS) is 10.0. The summed E-state index contributed by atoms with van der Waals surface area (Å²) in [5, 5.41) is 9.72. The predicted octanol–water partition coefficient (Wildman–Crippen LogP) is 8.33. The molecule has 283 valence electrons. The summed E-state index contributed by atoms with van der Waals surface area (Å²) < 4.78 is 6.75. The summed E-state index contributed by atoms with van der Waals surface area (Å²) in [7, 11) is 2.68. The number of hydrogen-bond acceptors (Lipinski definition) is 11. The number of hydrogen-bond donors (Lipinski definition) is 3. The second-order valence-electron chi connectivity index (χ2n) is 9.97. The Hall–Kier alpha value is -2.63. The molecule has 0 bridgehead atoms. The number of halogens is 5. The van der Waals surface area contributed by atoms with Gasteiger partial charge in [0.15, 0.2) is 0 Å². The zero-order chi connectivity index (χ0) is 37.8. The van der Waals surface area contributed by atoms with Gasteiger partial charge < -0.3 is 9.84 Å². The number of benzene rings is 2. The van der Waals surface area contributed by atoms with E-state index in [9.17, 15) is 14.7 Å². The molecule has 1 radical (unpaired) electrons. The van der Waals surface area contributed by atoms with E-state index < -0.39 is 11.8 Å². The van der Waals surface area contributed by atoms with Gasteiger partial charge in [0.1, 0.15) is 16.7 Å². The minimum absolute atomic E-state index is 0. The molecule has 0 spiro atoms. The molecule has 0 aliphatic rings. The van der Waals surface area contributed by atoms with Crippen LogP contribution in [0.3, 0.4) is 0 Å². The van der Waals surface area contributed by atoms with Crippen molar-refractivity contribution in [2.45, 2.75) is 46.7 Å². The number of amides is 2. The summed E-state index contributed by atoms with van der Waals surface area (Å²) in [5.74, 6) is -0.429. The Balaban J connectivity index is 0.000000695. The molecular formula is C32H38Br2Cl3CuN7O6. The van der Waals surface area contributed by atoms with E-state index in [-0.39, 0.29) is 44.8 Å². The Kier molecular flexibility index (Phi) is 24.8. The molecule has 0 atom stereocenters. The van der Waals surface area contributed by atoms with Crippen molar-refractivity contribution in [3.05, 3.63) is 96.7 Å². The van der Waals surface area contributed by atoms with E-state index in [0.29, 0.717) is 37.5 Å². The van der Waals surface area contributed by atoms with Crippen LogP contribution < -0.4 is 15.7 Å². The molecule has 3 N–H and O–H groups in total. The molecule has 0 aliphatic carbocycles. The summed E-state index contributed by atoms with van der Waals surface area (Å²) in [6.07, 6.45) is 2.96. The van der Waals surface area contributed by atoms with Crippen LogP contribution >= 0.6 is 66.7 Å². The number of aromatic nitrogens is 4. The van der Waals surface area contributed by atoms with E-state index in [2.05, 4.69) is 112 Å². The second kappa shape index (κ2) is 26.2. The van der Waals surface area contributed by atoms with Crippen LogP contribution in [-0.4, -0.2) is 74.6 Å². The van der Waals surface area contributed by atoms with Gasteiger partial charge in [0.05, 0.1) is 34.3 Å². The van der Waals surface area contributed by atoms with Crippen molar-refractivity contribution in [1.82, 2.24) is 35.8 Å². The molecule has 19 heteroatoms. The number of carbonyl (C=O) groups excluding carboxylic acids is 2. The number of carbonyl (C=O) groups is 2. The molecule has 0 unspecified atom stereocenters. The molecular weight excluding hydrogens is 908 g/mol. The number of phenols is 1.